The number of nitrogens with two attached hydrogens (primary N) is 1. The second-order valence-electron chi connectivity index (χ2n) is 10.2. The molecular formula is C24H27BrFN9O2. The summed E-state index contributed by atoms with van der Waals surface area (Å²) in [7, 11) is 1.65. The smallest absolute Gasteiger partial charge is 0.250 e. The summed E-state index contributed by atoms with van der Waals surface area (Å²) < 4.78 is 22.8. The van der Waals surface area contributed by atoms with Crippen molar-refractivity contribution in [3.8, 4) is 17.1 Å². The third-order valence-electron chi connectivity index (χ3n) is 6.63. The van der Waals surface area contributed by atoms with E-state index in [-0.39, 0.29) is 29.3 Å². The van der Waals surface area contributed by atoms with E-state index in [2.05, 4.69) is 51.8 Å². The van der Waals surface area contributed by atoms with Crippen LogP contribution in [0.3, 0.4) is 0 Å². The van der Waals surface area contributed by atoms with E-state index < -0.39 is 16.8 Å². The van der Waals surface area contributed by atoms with E-state index in [0.29, 0.717) is 33.7 Å². The first kappa shape index (κ1) is 25.2. The van der Waals surface area contributed by atoms with Gasteiger partial charge in [-0.1, -0.05) is 6.92 Å². The molecule has 4 aromatic rings. The van der Waals surface area contributed by atoms with Gasteiger partial charge in [-0.25, -0.2) is 14.1 Å². The molecule has 0 unspecified atom stereocenters. The molecule has 1 amide bonds. The lowest BCUT2D eigenvalue weighted by Crippen LogP contribution is -2.35. The van der Waals surface area contributed by atoms with Gasteiger partial charge in [0.1, 0.15) is 10.4 Å². The predicted octanol–water partition coefficient (Wildman–Crippen LogP) is 3.68. The van der Waals surface area contributed by atoms with E-state index in [1.165, 1.54) is 10.7 Å². The van der Waals surface area contributed by atoms with Gasteiger partial charge in [0.2, 0.25) is 17.7 Å². The molecule has 4 N–H and O–H groups in total. The van der Waals surface area contributed by atoms with Crippen LogP contribution in [0.5, 0.6) is 0 Å². The molecule has 3 aromatic heterocycles. The Balaban J connectivity index is 1.43. The number of carbonyl (C=O) groups excluding carboxylic acids is 1. The number of benzene rings is 1. The van der Waals surface area contributed by atoms with Gasteiger partial charge in [-0.05, 0) is 61.2 Å². The summed E-state index contributed by atoms with van der Waals surface area (Å²) in [6.45, 7) is 5.42. The van der Waals surface area contributed by atoms with Crippen LogP contribution in [0.2, 0.25) is 0 Å². The Bertz CT molecular complexity index is 1500. The summed E-state index contributed by atoms with van der Waals surface area (Å²) in [4.78, 5) is 21.3. The molecule has 1 aliphatic carbocycles. The lowest BCUT2D eigenvalue weighted by Gasteiger charge is -2.22. The number of anilines is 1. The van der Waals surface area contributed by atoms with E-state index in [4.69, 9.17) is 10.2 Å². The molecule has 13 heteroatoms. The minimum absolute atomic E-state index is 0.0316. The molecule has 37 heavy (non-hydrogen) atoms. The number of fused-ring (bicyclic) bond motifs is 1. The molecule has 0 aliphatic heterocycles. The molecule has 1 aromatic carbocycles. The summed E-state index contributed by atoms with van der Waals surface area (Å²) in [5.74, 6) is 0.131. The summed E-state index contributed by atoms with van der Waals surface area (Å²) >= 11 is 3.44. The molecule has 0 radical (unpaired) electrons. The van der Waals surface area contributed by atoms with Crippen molar-refractivity contribution >= 4 is 38.8 Å². The van der Waals surface area contributed by atoms with Gasteiger partial charge in [0, 0.05) is 30.8 Å². The quantitative estimate of drug-likeness (QED) is 0.315. The second kappa shape index (κ2) is 9.14. The van der Waals surface area contributed by atoms with Crippen LogP contribution in [0.1, 0.15) is 45.9 Å². The van der Waals surface area contributed by atoms with Crippen molar-refractivity contribution < 1.29 is 13.6 Å². The molecule has 11 nitrogen and oxygen atoms in total. The highest BCUT2D eigenvalue weighted by Crippen LogP contribution is 2.39. The van der Waals surface area contributed by atoms with Crippen LogP contribution in [0.4, 0.5) is 10.3 Å². The number of aromatic nitrogens is 6. The number of hydrogen-bond donors (Lipinski definition) is 3. The lowest BCUT2D eigenvalue weighted by molar-refractivity contribution is -0.129. The third kappa shape index (κ3) is 4.68. The van der Waals surface area contributed by atoms with Crippen molar-refractivity contribution in [3.05, 3.63) is 40.7 Å². The van der Waals surface area contributed by atoms with Crippen LogP contribution < -0.4 is 16.4 Å². The topological polar surface area (TPSA) is 150 Å². The Hall–Kier alpha value is -3.45. The van der Waals surface area contributed by atoms with Crippen LogP contribution in [-0.4, -0.2) is 48.9 Å². The van der Waals surface area contributed by atoms with Crippen LogP contribution in [0, 0.1) is 11.2 Å². The van der Waals surface area contributed by atoms with E-state index in [1.807, 2.05) is 6.92 Å². The van der Waals surface area contributed by atoms with Crippen molar-refractivity contribution in [2.24, 2.45) is 11.1 Å². The highest BCUT2D eigenvalue weighted by molar-refractivity contribution is 9.10. The normalized spacial score (nSPS) is 19.9. The van der Waals surface area contributed by atoms with Gasteiger partial charge in [0.15, 0.2) is 5.65 Å². The average molecular weight is 572 g/mol. The average Bonchev–Trinajstić information content (AvgIpc) is 3.57. The summed E-state index contributed by atoms with van der Waals surface area (Å²) in [6.07, 6.45) is 3.92. The molecule has 3 heterocycles. The van der Waals surface area contributed by atoms with Crippen molar-refractivity contribution in [2.45, 2.75) is 51.6 Å². The zero-order valence-corrected chi connectivity index (χ0v) is 22.4. The Morgan fingerprint density at radius 2 is 2.14 bits per heavy atom. The minimum atomic E-state index is -0.840. The predicted molar refractivity (Wildman–Crippen MR) is 138 cm³/mol. The molecule has 2 atom stereocenters. The number of nitrogens with one attached hydrogen (secondary N) is 2. The van der Waals surface area contributed by atoms with Crippen molar-refractivity contribution in [1.82, 2.24) is 35.3 Å². The lowest BCUT2D eigenvalue weighted by atomic mass is 9.87. The summed E-state index contributed by atoms with van der Waals surface area (Å²) in [5.41, 5.74) is 5.82. The van der Waals surface area contributed by atoms with Crippen LogP contribution in [0.25, 0.3) is 28.2 Å². The van der Waals surface area contributed by atoms with Crippen LogP contribution in [0.15, 0.2) is 33.4 Å². The van der Waals surface area contributed by atoms with Crippen molar-refractivity contribution in [2.75, 3.05) is 12.4 Å². The SMILES string of the molecule is CNC(=O)[C@]1(C)CC[C@@H](Nc2ncc3c(Br)nn(-c4ccc(-c5nnc(C(C)(C)N)o5)c(F)c4)c3n2)C1. The number of carbonyl (C=O) groups is 1. The molecule has 0 saturated heterocycles. The summed E-state index contributed by atoms with van der Waals surface area (Å²) in [5, 5.41) is 19.1. The maximum Gasteiger partial charge on any atom is 0.250 e. The number of hydrogen-bond acceptors (Lipinski definition) is 9. The Morgan fingerprint density at radius 1 is 1.35 bits per heavy atom. The molecule has 0 spiro atoms. The zero-order chi connectivity index (χ0) is 26.5. The van der Waals surface area contributed by atoms with Crippen LogP contribution >= 0.6 is 15.9 Å². The number of nitrogens with zero attached hydrogens (tertiary/aromatic N) is 6. The number of amides is 1. The third-order valence-corrected chi connectivity index (χ3v) is 7.22. The highest BCUT2D eigenvalue weighted by Gasteiger charge is 2.41. The fourth-order valence-corrected chi connectivity index (χ4v) is 5.01. The molecule has 1 aliphatic rings. The zero-order valence-electron chi connectivity index (χ0n) is 20.8. The first-order valence-electron chi connectivity index (χ1n) is 11.8. The van der Waals surface area contributed by atoms with E-state index in [0.717, 1.165) is 12.8 Å². The van der Waals surface area contributed by atoms with E-state index in [1.54, 1.807) is 39.2 Å². The Labute approximate surface area is 220 Å². The van der Waals surface area contributed by atoms with E-state index in [9.17, 15) is 4.79 Å². The molecule has 1 saturated carbocycles. The van der Waals surface area contributed by atoms with E-state index >= 15 is 4.39 Å². The molecular weight excluding hydrogens is 545 g/mol. The Morgan fingerprint density at radius 3 is 2.81 bits per heavy atom. The fourth-order valence-electron chi connectivity index (χ4n) is 4.57. The number of halogens is 2. The summed E-state index contributed by atoms with van der Waals surface area (Å²) in [6, 6.07) is 4.61. The van der Waals surface area contributed by atoms with Gasteiger partial charge in [-0.3, -0.25) is 4.79 Å². The molecule has 194 valence electrons. The van der Waals surface area contributed by atoms with Crippen molar-refractivity contribution in [1.29, 1.82) is 0 Å². The van der Waals surface area contributed by atoms with Gasteiger partial charge in [-0.2, -0.15) is 10.1 Å². The van der Waals surface area contributed by atoms with Gasteiger partial charge in [0.25, 0.3) is 5.89 Å². The largest absolute Gasteiger partial charge is 0.419 e. The minimum Gasteiger partial charge on any atom is -0.419 e. The fraction of sp³-hybridized carbons (Fsp3) is 0.417. The van der Waals surface area contributed by atoms with Crippen LogP contribution in [-0.2, 0) is 10.3 Å². The number of rotatable bonds is 6. The monoisotopic (exact) mass is 571 g/mol. The van der Waals surface area contributed by atoms with Gasteiger partial charge < -0.3 is 20.8 Å². The highest BCUT2D eigenvalue weighted by atomic mass is 79.9. The van der Waals surface area contributed by atoms with Gasteiger partial charge in [-0.15, -0.1) is 10.2 Å². The second-order valence-corrected chi connectivity index (χ2v) is 10.9. The molecule has 5 rings (SSSR count). The standard InChI is InChI=1S/C24H27BrFN9O2/c1-23(2,27)21-33-32-19(37-21)14-6-5-13(9-16(14)26)35-18-15(17(25)34-35)11-29-22(31-18)30-12-7-8-24(3,10-12)20(36)28-4/h5-6,9,11-12H,7-8,10,27H2,1-4H3,(H,28,36)(H,29,30,31)/t12-,24-/m1/s1. The first-order valence-corrected chi connectivity index (χ1v) is 12.6. The molecule has 1 fully saturated rings. The maximum absolute atomic E-state index is 15.2. The van der Waals surface area contributed by atoms with Gasteiger partial charge in [0.05, 0.1) is 22.2 Å². The Kier molecular flexibility index (Phi) is 6.23. The van der Waals surface area contributed by atoms with Gasteiger partial charge >= 0.3 is 0 Å². The first-order chi connectivity index (χ1) is 17.5. The molecule has 0 bridgehead atoms. The maximum atomic E-state index is 15.2. The van der Waals surface area contributed by atoms with Crippen molar-refractivity contribution in [3.63, 3.8) is 0 Å².